The van der Waals surface area contributed by atoms with Crippen LogP contribution in [0.25, 0.3) is 16.0 Å². The zero-order chi connectivity index (χ0) is 23.1. The highest BCUT2D eigenvalue weighted by molar-refractivity contribution is 7.19. The number of hydrogen-bond acceptors (Lipinski definition) is 7. The van der Waals surface area contributed by atoms with E-state index in [9.17, 15) is 15.1 Å². The molecule has 0 saturated carbocycles. The van der Waals surface area contributed by atoms with Gasteiger partial charge >= 0.3 is 11.7 Å². The van der Waals surface area contributed by atoms with Gasteiger partial charge in [-0.2, -0.15) is 10.1 Å². The van der Waals surface area contributed by atoms with Gasteiger partial charge in [-0.3, -0.25) is 4.79 Å². The first-order valence-corrected chi connectivity index (χ1v) is 10.3. The Morgan fingerprint density at radius 3 is 2.41 bits per heavy atom. The molecule has 1 heterocycles. The van der Waals surface area contributed by atoms with Crippen molar-refractivity contribution in [1.82, 2.24) is 0 Å². The van der Waals surface area contributed by atoms with E-state index in [0.29, 0.717) is 22.7 Å². The fraction of sp³-hybridized carbons (Fsp3) is 0.130. The van der Waals surface area contributed by atoms with Crippen LogP contribution in [0.3, 0.4) is 0 Å². The van der Waals surface area contributed by atoms with Crippen LogP contribution in [0.1, 0.15) is 22.2 Å². The molecule has 0 aliphatic carbocycles. The number of nitrogens with zero attached hydrogens (tertiary/aromatic N) is 3. The molecule has 1 aromatic heterocycles. The minimum Gasteiger partial charge on any atom is -0.497 e. The van der Waals surface area contributed by atoms with Crippen LogP contribution >= 0.6 is 11.3 Å². The van der Waals surface area contributed by atoms with E-state index in [1.807, 2.05) is 18.2 Å². The third-order valence-corrected chi connectivity index (χ3v) is 5.57. The number of nitriles is 1. The monoisotopic (exact) mass is 446 g/mol. The van der Waals surface area contributed by atoms with Gasteiger partial charge in [-0.25, -0.2) is 4.79 Å². The van der Waals surface area contributed by atoms with E-state index < -0.39 is 17.5 Å². The van der Waals surface area contributed by atoms with Crippen molar-refractivity contribution in [2.75, 3.05) is 19.0 Å². The van der Waals surface area contributed by atoms with Gasteiger partial charge in [0.1, 0.15) is 10.6 Å². The summed E-state index contributed by atoms with van der Waals surface area (Å²) in [6, 6.07) is 17.8. The predicted octanol–water partition coefficient (Wildman–Crippen LogP) is 4.46. The number of thiophene rings is 1. The highest BCUT2D eigenvalue weighted by atomic mass is 32.1. The summed E-state index contributed by atoms with van der Waals surface area (Å²) in [4.78, 5) is 28.9. The molecule has 9 heteroatoms. The highest BCUT2D eigenvalue weighted by Gasteiger charge is 2.35. The second-order valence-electron chi connectivity index (χ2n) is 6.39. The van der Waals surface area contributed by atoms with Gasteiger partial charge in [0.15, 0.2) is 0 Å². The summed E-state index contributed by atoms with van der Waals surface area (Å²) in [5, 5.41) is 12.1. The van der Waals surface area contributed by atoms with Crippen molar-refractivity contribution < 1.29 is 23.9 Å². The Morgan fingerprint density at radius 2 is 1.84 bits per heavy atom. The van der Waals surface area contributed by atoms with Crippen LogP contribution in [-0.2, 0) is 9.53 Å². The summed E-state index contributed by atoms with van der Waals surface area (Å²) in [6.07, 6.45) is 0. The molecule has 0 aliphatic heterocycles. The third kappa shape index (κ3) is 4.90. The molecular weight excluding hydrogens is 428 g/mol. The third-order valence-electron chi connectivity index (χ3n) is 4.39. The number of benzene rings is 2. The minimum atomic E-state index is -1.01. The number of rotatable bonds is 8. The Morgan fingerprint density at radius 1 is 1.16 bits per heavy atom. The minimum absolute atomic E-state index is 0.0308. The molecule has 3 rings (SSSR count). The smallest absolute Gasteiger partial charge is 0.447 e. The van der Waals surface area contributed by atoms with Crippen molar-refractivity contribution in [2.24, 2.45) is 0 Å². The molecule has 0 spiro atoms. The summed E-state index contributed by atoms with van der Waals surface area (Å²) in [7, 11) is 1.57. The fourth-order valence-corrected chi connectivity index (χ4v) is 3.88. The summed E-state index contributed by atoms with van der Waals surface area (Å²) in [5.41, 5.74) is 10.9. The first-order valence-electron chi connectivity index (χ1n) is 9.50. The lowest BCUT2D eigenvalue weighted by Gasteiger charge is -2.06. The van der Waals surface area contributed by atoms with Crippen molar-refractivity contribution in [1.29, 1.82) is 5.26 Å². The number of esters is 1. The zero-order valence-corrected chi connectivity index (χ0v) is 18.1. The van der Waals surface area contributed by atoms with E-state index in [-0.39, 0.29) is 11.5 Å². The standard InChI is InChI=1S/C23H18N4O4S/c1-3-31-23(29)20(27-25)21(28)22-18(26-16-8-4-14(13-24)5-9-16)12-19(32-22)15-6-10-17(30-2)11-7-15/h4-12,26H,3H2,1-2H3. The van der Waals surface area contributed by atoms with Gasteiger partial charge in [-0.05, 0) is 67.1 Å². The molecule has 32 heavy (non-hydrogen) atoms. The number of anilines is 2. The lowest BCUT2D eigenvalue weighted by atomic mass is 10.1. The largest absolute Gasteiger partial charge is 0.497 e. The molecule has 3 aromatic rings. The molecule has 0 bridgehead atoms. The van der Waals surface area contributed by atoms with Crippen LogP contribution in [0.2, 0.25) is 0 Å². The first kappa shape index (κ1) is 22.4. The van der Waals surface area contributed by atoms with Gasteiger partial charge in [-0.15, -0.1) is 11.3 Å². The normalized spacial score (nSPS) is 9.91. The lowest BCUT2D eigenvalue weighted by Crippen LogP contribution is -2.27. The topological polar surface area (TPSA) is 125 Å². The van der Waals surface area contributed by atoms with Gasteiger partial charge in [0.05, 0.1) is 31.0 Å². The van der Waals surface area contributed by atoms with E-state index >= 15 is 0 Å². The van der Waals surface area contributed by atoms with Crippen molar-refractivity contribution in [3.63, 3.8) is 0 Å². The molecule has 8 nitrogen and oxygen atoms in total. The van der Waals surface area contributed by atoms with Crippen molar-refractivity contribution >= 4 is 40.2 Å². The maximum Gasteiger partial charge on any atom is 0.447 e. The number of hydrogen-bond donors (Lipinski definition) is 1. The Balaban J connectivity index is 2.04. The lowest BCUT2D eigenvalue weighted by molar-refractivity contribution is -0.139. The molecule has 0 radical (unpaired) electrons. The van der Waals surface area contributed by atoms with Crippen LogP contribution in [0, 0.1) is 11.3 Å². The van der Waals surface area contributed by atoms with E-state index in [2.05, 4.69) is 10.1 Å². The maximum absolute atomic E-state index is 13.1. The number of carbonyl (C=O) groups is 2. The molecule has 160 valence electrons. The van der Waals surface area contributed by atoms with Gasteiger partial charge < -0.3 is 20.3 Å². The number of methoxy groups -OCH3 is 1. The summed E-state index contributed by atoms with van der Waals surface area (Å²) < 4.78 is 10.0. The quantitative estimate of drug-likeness (QED) is 0.136. The average molecular weight is 446 g/mol. The molecule has 0 atom stereocenters. The Hall–Kier alpha value is -4.25. The molecule has 0 aliphatic rings. The van der Waals surface area contributed by atoms with Crippen LogP contribution in [0.15, 0.2) is 54.6 Å². The zero-order valence-electron chi connectivity index (χ0n) is 17.3. The molecule has 1 N–H and O–H groups in total. The molecule has 0 amide bonds. The number of nitrogens with one attached hydrogen (secondary N) is 1. The number of Topliss-reactive ketones (excluding diaryl/α,β-unsaturated/α-hetero) is 1. The van der Waals surface area contributed by atoms with Crippen molar-refractivity contribution in [2.45, 2.75) is 6.92 Å². The Kier molecular flexibility index (Phi) is 7.13. The van der Waals surface area contributed by atoms with E-state index in [1.165, 1.54) is 0 Å². The number of ether oxygens (including phenoxy) is 2. The molecule has 2 aromatic carbocycles. The fourth-order valence-electron chi connectivity index (χ4n) is 2.82. The molecule has 0 unspecified atom stereocenters. The van der Waals surface area contributed by atoms with Crippen LogP contribution < -0.4 is 10.1 Å². The molecule has 0 fully saturated rings. The van der Waals surface area contributed by atoms with Crippen molar-refractivity contribution in [3.8, 4) is 22.3 Å². The van der Waals surface area contributed by atoms with E-state index in [1.54, 1.807) is 56.5 Å². The van der Waals surface area contributed by atoms with Crippen LogP contribution in [0.4, 0.5) is 11.4 Å². The van der Waals surface area contributed by atoms with Crippen LogP contribution in [-0.4, -0.2) is 36.0 Å². The van der Waals surface area contributed by atoms with E-state index in [4.69, 9.17) is 14.7 Å². The van der Waals surface area contributed by atoms with Crippen LogP contribution in [0.5, 0.6) is 5.75 Å². The van der Waals surface area contributed by atoms with Gasteiger partial charge in [0.2, 0.25) is 0 Å². The maximum atomic E-state index is 13.1. The average Bonchev–Trinajstić information content (AvgIpc) is 3.24. The van der Waals surface area contributed by atoms with Gasteiger partial charge in [0.25, 0.3) is 5.78 Å². The predicted molar refractivity (Wildman–Crippen MR) is 120 cm³/mol. The highest BCUT2D eigenvalue weighted by Crippen LogP contribution is 2.37. The van der Waals surface area contributed by atoms with Gasteiger partial charge in [0, 0.05) is 10.6 Å². The molecule has 0 saturated heterocycles. The second kappa shape index (κ2) is 10.2. The Labute approximate surface area is 188 Å². The summed E-state index contributed by atoms with van der Waals surface area (Å²) >= 11 is 1.14. The molecular formula is C23H18N4O4S. The first-order chi connectivity index (χ1) is 15.5. The van der Waals surface area contributed by atoms with Gasteiger partial charge in [-0.1, -0.05) is 0 Å². The SMILES string of the molecule is CCOC(=O)C(=[N+]=[N-])C(=O)c1sc(-c2ccc(OC)cc2)cc1Nc1ccc(C#N)cc1. The Bertz CT molecular complexity index is 1230. The van der Waals surface area contributed by atoms with E-state index in [0.717, 1.165) is 21.8 Å². The second-order valence-corrected chi connectivity index (χ2v) is 7.45. The number of ketones is 1. The number of carbonyl (C=O) groups excluding carboxylic acids is 2. The van der Waals surface area contributed by atoms with Crippen molar-refractivity contribution in [3.05, 3.63) is 70.6 Å². The summed E-state index contributed by atoms with van der Waals surface area (Å²) in [6.45, 7) is 1.62. The summed E-state index contributed by atoms with van der Waals surface area (Å²) in [5.74, 6) is -1.09.